The molecule has 0 heterocycles. The van der Waals surface area contributed by atoms with Crippen LogP contribution < -0.4 is 11.5 Å². The van der Waals surface area contributed by atoms with Gasteiger partial charge in [0.2, 0.25) is 0 Å². The zero-order valence-corrected chi connectivity index (χ0v) is 8.53. The zero-order chi connectivity index (χ0) is 10.4. The molecular formula is C6H7Cl3N2O2. The molecule has 0 saturated carbocycles. The van der Waals surface area contributed by atoms with Crippen molar-refractivity contribution in [3.05, 3.63) is 21.2 Å². The highest BCUT2D eigenvalue weighted by Gasteiger charge is 2.42. The summed E-state index contributed by atoms with van der Waals surface area (Å²) in [5.74, 6) is 0. The van der Waals surface area contributed by atoms with Crippen molar-refractivity contribution < 1.29 is 10.2 Å². The number of hydrogen-bond donors (Lipinski definition) is 4. The van der Waals surface area contributed by atoms with Crippen molar-refractivity contribution in [3.8, 4) is 0 Å². The molecule has 13 heavy (non-hydrogen) atoms. The molecule has 0 bridgehead atoms. The van der Waals surface area contributed by atoms with E-state index in [1.165, 1.54) is 0 Å². The number of nitrogens with two attached hydrogens (primary N) is 2. The standard InChI is InChI=1S/C6H7Cl3N2O2/c7-2-1-5(10,12)3(8)4(9)6(2,11)13/h1,12-13H,10-11H2. The Morgan fingerprint density at radius 1 is 1.08 bits per heavy atom. The van der Waals surface area contributed by atoms with E-state index in [-0.39, 0.29) is 10.1 Å². The first-order valence-electron chi connectivity index (χ1n) is 3.17. The summed E-state index contributed by atoms with van der Waals surface area (Å²) in [6.07, 6.45) is 0.919. The van der Waals surface area contributed by atoms with Crippen molar-refractivity contribution in [2.24, 2.45) is 11.5 Å². The van der Waals surface area contributed by atoms with E-state index >= 15 is 0 Å². The van der Waals surface area contributed by atoms with E-state index in [2.05, 4.69) is 0 Å². The van der Waals surface area contributed by atoms with Gasteiger partial charge in [-0.2, -0.15) is 0 Å². The van der Waals surface area contributed by atoms with Crippen LogP contribution in [-0.2, 0) is 0 Å². The van der Waals surface area contributed by atoms with Crippen LogP contribution in [0.25, 0.3) is 0 Å². The van der Waals surface area contributed by atoms with Crippen molar-refractivity contribution >= 4 is 34.8 Å². The molecule has 0 aromatic heterocycles. The molecule has 0 aliphatic heterocycles. The first-order valence-corrected chi connectivity index (χ1v) is 4.30. The van der Waals surface area contributed by atoms with Gasteiger partial charge in [-0.05, 0) is 6.08 Å². The second-order valence-electron chi connectivity index (χ2n) is 2.71. The molecule has 0 spiro atoms. The van der Waals surface area contributed by atoms with Crippen molar-refractivity contribution in [2.75, 3.05) is 0 Å². The van der Waals surface area contributed by atoms with Crippen LogP contribution in [0, 0.1) is 0 Å². The van der Waals surface area contributed by atoms with Gasteiger partial charge in [-0.1, -0.05) is 34.8 Å². The second-order valence-corrected chi connectivity index (χ2v) is 3.88. The monoisotopic (exact) mass is 244 g/mol. The van der Waals surface area contributed by atoms with Crippen molar-refractivity contribution in [2.45, 2.75) is 11.4 Å². The molecule has 1 rings (SSSR count). The van der Waals surface area contributed by atoms with Gasteiger partial charge >= 0.3 is 0 Å². The predicted molar refractivity (Wildman–Crippen MR) is 50.9 cm³/mol. The minimum atomic E-state index is -2.08. The lowest BCUT2D eigenvalue weighted by atomic mass is 10.0. The highest BCUT2D eigenvalue weighted by molar-refractivity contribution is 6.43. The lowest BCUT2D eigenvalue weighted by Gasteiger charge is -2.32. The Kier molecular flexibility index (Phi) is 2.69. The summed E-state index contributed by atoms with van der Waals surface area (Å²) in [4.78, 5) is 0. The molecule has 4 nitrogen and oxygen atoms in total. The van der Waals surface area contributed by atoms with E-state index in [1.54, 1.807) is 0 Å². The highest BCUT2D eigenvalue weighted by atomic mass is 35.5. The van der Waals surface area contributed by atoms with Crippen LogP contribution >= 0.6 is 34.8 Å². The maximum absolute atomic E-state index is 9.45. The van der Waals surface area contributed by atoms with E-state index < -0.39 is 16.5 Å². The molecule has 0 aromatic carbocycles. The molecule has 0 fully saturated rings. The van der Waals surface area contributed by atoms with Crippen molar-refractivity contribution in [3.63, 3.8) is 0 Å². The van der Waals surface area contributed by atoms with Crippen molar-refractivity contribution in [1.82, 2.24) is 0 Å². The molecule has 7 heteroatoms. The Morgan fingerprint density at radius 3 is 2.00 bits per heavy atom. The third kappa shape index (κ3) is 1.71. The smallest absolute Gasteiger partial charge is 0.188 e. The normalized spacial score (nSPS) is 40.7. The average Bonchev–Trinajstić information content (AvgIpc) is 1.98. The quantitative estimate of drug-likeness (QED) is 0.456. The van der Waals surface area contributed by atoms with Gasteiger partial charge < -0.3 is 10.2 Å². The zero-order valence-electron chi connectivity index (χ0n) is 6.26. The fourth-order valence-electron chi connectivity index (χ4n) is 0.815. The van der Waals surface area contributed by atoms with Gasteiger partial charge in [-0.15, -0.1) is 0 Å². The van der Waals surface area contributed by atoms with Gasteiger partial charge in [-0.3, -0.25) is 11.5 Å². The molecule has 1 aliphatic carbocycles. The van der Waals surface area contributed by atoms with Crippen LogP contribution in [0.15, 0.2) is 21.2 Å². The molecule has 2 atom stereocenters. The molecule has 6 N–H and O–H groups in total. The van der Waals surface area contributed by atoms with Crippen molar-refractivity contribution in [1.29, 1.82) is 0 Å². The van der Waals surface area contributed by atoms with E-state index in [9.17, 15) is 10.2 Å². The highest BCUT2D eigenvalue weighted by Crippen LogP contribution is 2.39. The first-order chi connectivity index (χ1) is 5.69. The molecule has 74 valence electrons. The third-order valence-electron chi connectivity index (χ3n) is 1.59. The summed E-state index contributed by atoms with van der Waals surface area (Å²) < 4.78 is 0. The van der Waals surface area contributed by atoms with Gasteiger partial charge in [0.15, 0.2) is 11.4 Å². The lowest BCUT2D eigenvalue weighted by Crippen LogP contribution is -2.50. The molecule has 0 saturated heterocycles. The summed E-state index contributed by atoms with van der Waals surface area (Å²) in [7, 11) is 0. The topological polar surface area (TPSA) is 92.5 Å². The van der Waals surface area contributed by atoms with E-state index in [1.807, 2.05) is 0 Å². The third-order valence-corrected chi connectivity index (χ3v) is 3.05. The fourth-order valence-corrected chi connectivity index (χ4v) is 1.58. The fraction of sp³-hybridized carbons (Fsp3) is 0.333. The predicted octanol–water partition coefficient (Wildman–Crippen LogP) is 0.107. The van der Waals surface area contributed by atoms with Crippen LogP contribution in [0.2, 0.25) is 0 Å². The summed E-state index contributed by atoms with van der Waals surface area (Å²) in [5, 5.41) is 17.8. The van der Waals surface area contributed by atoms with E-state index in [0.29, 0.717) is 0 Å². The van der Waals surface area contributed by atoms with E-state index in [4.69, 9.17) is 46.3 Å². The SMILES string of the molecule is NC1(O)C=C(Cl)C(N)(O)C(Cl)=C1Cl. The maximum Gasteiger partial charge on any atom is 0.188 e. The van der Waals surface area contributed by atoms with Gasteiger partial charge in [0.1, 0.15) is 0 Å². The summed E-state index contributed by atoms with van der Waals surface area (Å²) in [6.45, 7) is 0. The Morgan fingerprint density at radius 2 is 1.54 bits per heavy atom. The maximum atomic E-state index is 9.45. The van der Waals surface area contributed by atoms with Gasteiger partial charge in [0, 0.05) is 0 Å². The number of aliphatic hydroxyl groups is 2. The Bertz CT molecular complexity index is 309. The number of rotatable bonds is 0. The number of hydrogen-bond acceptors (Lipinski definition) is 4. The van der Waals surface area contributed by atoms with Gasteiger partial charge in [0.25, 0.3) is 0 Å². The minimum absolute atomic E-state index is 0.285. The summed E-state index contributed by atoms with van der Waals surface area (Å²) in [6, 6.07) is 0. The molecule has 0 amide bonds. The summed E-state index contributed by atoms with van der Waals surface area (Å²) >= 11 is 16.6. The second kappa shape index (κ2) is 3.10. The average molecular weight is 245 g/mol. The Labute approximate surface area is 89.4 Å². The van der Waals surface area contributed by atoms with Crippen LogP contribution in [0.4, 0.5) is 0 Å². The Hall–Kier alpha value is 0.190. The minimum Gasteiger partial charge on any atom is -0.367 e. The molecule has 0 radical (unpaired) electrons. The van der Waals surface area contributed by atoms with Crippen LogP contribution in [0.1, 0.15) is 0 Å². The molecule has 1 aliphatic rings. The van der Waals surface area contributed by atoms with E-state index in [0.717, 1.165) is 6.08 Å². The molecule has 0 aromatic rings. The Balaban J connectivity index is 3.30. The first kappa shape index (κ1) is 11.3. The lowest BCUT2D eigenvalue weighted by molar-refractivity contribution is 0.103. The van der Waals surface area contributed by atoms with Crippen LogP contribution in [0.3, 0.4) is 0 Å². The largest absolute Gasteiger partial charge is 0.367 e. The molecule has 2 unspecified atom stereocenters. The van der Waals surface area contributed by atoms with Crippen LogP contribution in [0.5, 0.6) is 0 Å². The number of halogens is 3. The molecular weight excluding hydrogens is 238 g/mol. The van der Waals surface area contributed by atoms with Gasteiger partial charge in [-0.25, -0.2) is 0 Å². The van der Waals surface area contributed by atoms with Gasteiger partial charge in [0.05, 0.1) is 15.1 Å². The van der Waals surface area contributed by atoms with Crippen LogP contribution in [-0.4, -0.2) is 21.7 Å². The summed E-state index contributed by atoms with van der Waals surface area (Å²) in [5.41, 5.74) is 6.51.